The molecule has 10 amide bonds. The zero-order valence-electron chi connectivity index (χ0n) is 67.8. The van der Waals surface area contributed by atoms with E-state index in [2.05, 4.69) is 53.2 Å². The summed E-state index contributed by atoms with van der Waals surface area (Å²) in [7, 11) is 0. The lowest BCUT2D eigenvalue weighted by atomic mass is 9.79. The Hall–Kier alpha value is -13.5. The fourth-order valence-corrected chi connectivity index (χ4v) is 15.8. The predicted molar refractivity (Wildman–Crippen MR) is 450 cm³/mol. The molecule has 5 fully saturated rings. The van der Waals surface area contributed by atoms with Gasteiger partial charge in [0.2, 0.25) is 59.1 Å². The van der Waals surface area contributed by atoms with Crippen LogP contribution in [0.5, 0.6) is 0 Å². The lowest BCUT2D eigenvalue weighted by molar-refractivity contribution is -0.136. The summed E-state index contributed by atoms with van der Waals surface area (Å²) in [5, 5.41) is 25.0. The van der Waals surface area contributed by atoms with Gasteiger partial charge in [0.15, 0.2) is 58.2 Å². The summed E-state index contributed by atoms with van der Waals surface area (Å²) in [5.41, 5.74) is 7.18. The summed E-state index contributed by atoms with van der Waals surface area (Å²) in [4.78, 5) is 125. The monoisotopic (exact) mass is 1740 g/mol. The highest BCUT2D eigenvalue weighted by Gasteiger charge is 2.44. The molecule has 15 rings (SSSR count). The van der Waals surface area contributed by atoms with Gasteiger partial charge in [-0.05, 0) is 148 Å². The Morgan fingerprint density at radius 2 is 0.520 bits per heavy atom. The van der Waals surface area contributed by atoms with Crippen LogP contribution in [0.15, 0.2) is 212 Å². The van der Waals surface area contributed by atoms with E-state index in [4.69, 9.17) is 11.6 Å². The molecule has 10 aromatic rings. The second kappa shape index (κ2) is 42.5. The van der Waals surface area contributed by atoms with Crippen molar-refractivity contribution in [3.05, 3.63) is 326 Å². The molecule has 5 saturated heterocycles. The number of carbonyl (C=O) groups excluding carboxylic acids is 10. The van der Waals surface area contributed by atoms with Gasteiger partial charge in [0.05, 0.1) is 33.5 Å². The third kappa shape index (κ3) is 23.1. The lowest BCUT2D eigenvalue weighted by Gasteiger charge is -2.30. The third-order valence-corrected chi connectivity index (χ3v) is 22.2. The Bertz CT molecular complexity index is 5540. The van der Waals surface area contributed by atoms with E-state index in [9.17, 15) is 91.8 Å². The maximum atomic E-state index is 14.1. The molecule has 0 aromatic heterocycles. The van der Waals surface area contributed by atoms with Gasteiger partial charge < -0.3 is 53.2 Å². The maximum absolute atomic E-state index is 14.1. The molecule has 0 saturated carbocycles. The van der Waals surface area contributed by atoms with Crippen LogP contribution < -0.4 is 53.2 Å². The van der Waals surface area contributed by atoms with Gasteiger partial charge in [0.25, 0.3) is 0 Å². The van der Waals surface area contributed by atoms with Gasteiger partial charge in [0, 0.05) is 62.3 Å². The van der Waals surface area contributed by atoms with E-state index in [1.165, 1.54) is 48.5 Å². The van der Waals surface area contributed by atoms with Gasteiger partial charge in [-0.15, -0.1) is 0 Å². The van der Waals surface area contributed by atoms with E-state index in [0.717, 1.165) is 74.3 Å². The molecule has 20 nitrogen and oxygen atoms in total. The first kappa shape index (κ1) is 92.2. The number of benzene rings is 10. The maximum Gasteiger partial charge on any atom is 0.237 e. The molecule has 10 atom stereocenters. The SMILES string of the molecule is Cc1ccc([C@H]2CCNC(=O)[C@@H]2C(=O)Nc2cccc(F)c2F)cc1.Cc1cccc([C@H]2CCNC(=O)[C@@H]2C(=O)Nc2ccc(F)c(F)c2F)c1.Cc1cccc([C@H]2CCNC(=O)[C@@H]2C(=O)Nc2cccc(Cl)c2F)c1.Cc1cccc([C@H]2CCNC(=O)[C@@H]2C(=O)Nc2cccc(F)c2F)c1.O=C1NCCC(c2ccccc2)C1C(=O)Nc1cccc(F)c1F. The number of piperidine rings is 5. The molecule has 10 aromatic carbocycles. The first-order valence-corrected chi connectivity index (χ1v) is 40.4. The van der Waals surface area contributed by atoms with Crippen LogP contribution in [0.25, 0.3) is 0 Å². The van der Waals surface area contributed by atoms with E-state index in [-0.39, 0.29) is 57.4 Å². The van der Waals surface area contributed by atoms with Crippen molar-refractivity contribution in [2.24, 2.45) is 29.6 Å². The molecule has 0 aliphatic carbocycles. The zero-order chi connectivity index (χ0) is 89.9. The Balaban J connectivity index is 0.000000152. The standard InChI is InChI=1S/C19H18ClFN2O2.C19H17F3N2O2.2C19H18F2N2O2.C18H16F2N2O2/c1-11-4-2-5-12(10-11)13-8-9-22-18(24)16(13)19(25)23-15-7-3-6-14(20)17(15)21;1-10-3-2-4-11(9-10)12-7-8-23-18(25)15(12)19(26)24-14-6-5-13(20)16(21)17(14)22;1-11-4-2-5-12(10-11)13-8-9-22-18(24)16(13)19(25)23-15-7-3-6-14(20)17(15)21;1-11-5-7-12(8-6-11)13-9-10-22-18(24)16(13)19(25)23-15-4-2-3-14(20)17(15)21;19-13-7-4-8-14(16(13)20)22-18(24)15-12(9-10-21-17(15)23)11-5-2-1-3-6-11/h2-7,10,13,16H,8-9H2,1H3,(H,22,24)(H,23,25);2-6,9,12,15H,7-8H2,1H3,(H,23,25)(H,24,26);2-7,10,13,16H,8-9H2,1H3,(H,22,24)(H,23,25);2-8,13,16H,9-10H2,1H3,(H,22,24)(H,23,25);1-8,12,15H,9-10H2,(H,21,23)(H,22,24)/t13-,16-;12-,15-;2*13-,16-;/m1111./s1. The minimum absolute atomic E-state index is 0.0288. The first-order valence-electron chi connectivity index (χ1n) is 40.0. The van der Waals surface area contributed by atoms with Crippen molar-refractivity contribution in [2.45, 2.75) is 89.4 Å². The summed E-state index contributed by atoms with van der Waals surface area (Å²) in [6.07, 6.45) is 2.97. The Labute approximate surface area is 717 Å². The van der Waals surface area contributed by atoms with Crippen molar-refractivity contribution >= 4 is 99.1 Å². The normalized spacial score (nSPS) is 20.0. The van der Waals surface area contributed by atoms with Crippen LogP contribution in [0.3, 0.4) is 0 Å². The fraction of sp³-hybridized carbons (Fsp3) is 0.255. The summed E-state index contributed by atoms with van der Waals surface area (Å²) < 4.78 is 136. The number of rotatable bonds is 15. The molecule has 125 heavy (non-hydrogen) atoms. The molecular formula is C94H87ClF10N10O10. The molecule has 31 heteroatoms. The van der Waals surface area contributed by atoms with Gasteiger partial charge in [-0.1, -0.05) is 186 Å². The number of hydrogen-bond donors (Lipinski definition) is 10. The largest absolute Gasteiger partial charge is 0.355 e. The smallest absolute Gasteiger partial charge is 0.237 e. The highest BCUT2D eigenvalue weighted by Crippen LogP contribution is 2.39. The molecular weight excluding hydrogens is 1650 g/mol. The Kier molecular flexibility index (Phi) is 31.4. The highest BCUT2D eigenvalue weighted by atomic mass is 35.5. The minimum atomic E-state index is -1.67. The number of hydrogen-bond acceptors (Lipinski definition) is 10. The fourth-order valence-electron chi connectivity index (χ4n) is 15.6. The molecule has 0 bridgehead atoms. The zero-order valence-corrected chi connectivity index (χ0v) is 68.5. The van der Waals surface area contributed by atoms with Crippen molar-refractivity contribution in [3.8, 4) is 0 Å². The quantitative estimate of drug-likeness (QED) is 0.0263. The van der Waals surface area contributed by atoms with Crippen molar-refractivity contribution in [3.63, 3.8) is 0 Å². The van der Waals surface area contributed by atoms with Crippen molar-refractivity contribution in [2.75, 3.05) is 59.3 Å². The molecule has 10 N–H and O–H groups in total. The predicted octanol–water partition coefficient (Wildman–Crippen LogP) is 16.0. The molecule has 2 unspecified atom stereocenters. The van der Waals surface area contributed by atoms with Crippen LogP contribution in [0, 0.1) is 115 Å². The summed E-state index contributed by atoms with van der Waals surface area (Å²) in [5.74, 6) is -23.7. The van der Waals surface area contributed by atoms with Gasteiger partial charge in [-0.3, -0.25) is 47.9 Å². The molecule has 0 radical (unpaired) electrons. The van der Waals surface area contributed by atoms with Crippen LogP contribution in [0.1, 0.15) is 112 Å². The number of nitrogens with one attached hydrogen (secondary N) is 10. The molecule has 5 aliphatic rings. The minimum Gasteiger partial charge on any atom is -0.355 e. The van der Waals surface area contributed by atoms with E-state index in [1.807, 2.05) is 155 Å². The Morgan fingerprint density at radius 1 is 0.264 bits per heavy atom. The molecule has 650 valence electrons. The van der Waals surface area contributed by atoms with E-state index in [0.29, 0.717) is 70.9 Å². The van der Waals surface area contributed by atoms with E-state index in [1.54, 1.807) is 6.07 Å². The summed E-state index contributed by atoms with van der Waals surface area (Å²) in [6.45, 7) is 10.1. The first-order chi connectivity index (χ1) is 59.9. The van der Waals surface area contributed by atoms with Gasteiger partial charge in [-0.2, -0.15) is 0 Å². The number of aryl methyl sites for hydroxylation is 4. The number of halogens is 11. The second-order valence-corrected chi connectivity index (χ2v) is 30.9. The molecule has 5 heterocycles. The average molecular weight is 1740 g/mol. The molecule has 0 spiro atoms. The van der Waals surface area contributed by atoms with Crippen LogP contribution in [0.2, 0.25) is 5.02 Å². The van der Waals surface area contributed by atoms with Crippen molar-refractivity contribution < 1.29 is 91.8 Å². The summed E-state index contributed by atoms with van der Waals surface area (Å²) in [6, 6.07) is 56.2. The van der Waals surface area contributed by atoms with Crippen molar-refractivity contribution in [1.82, 2.24) is 26.6 Å². The van der Waals surface area contributed by atoms with E-state index >= 15 is 0 Å². The lowest BCUT2D eigenvalue weighted by Crippen LogP contribution is -2.46. The van der Waals surface area contributed by atoms with Crippen LogP contribution in [-0.2, 0) is 47.9 Å². The number of amides is 10. The van der Waals surface area contributed by atoms with Crippen molar-refractivity contribution in [1.29, 1.82) is 0 Å². The van der Waals surface area contributed by atoms with Gasteiger partial charge >= 0.3 is 0 Å². The molecule has 5 aliphatic heterocycles. The van der Waals surface area contributed by atoms with Crippen LogP contribution in [0.4, 0.5) is 72.3 Å². The van der Waals surface area contributed by atoms with Crippen LogP contribution in [-0.4, -0.2) is 91.8 Å². The highest BCUT2D eigenvalue weighted by molar-refractivity contribution is 6.31. The van der Waals surface area contributed by atoms with Gasteiger partial charge in [-0.25, -0.2) is 43.9 Å². The van der Waals surface area contributed by atoms with E-state index < -0.39 is 153 Å². The third-order valence-electron chi connectivity index (χ3n) is 21.9. The Morgan fingerprint density at radius 3 is 0.832 bits per heavy atom. The second-order valence-electron chi connectivity index (χ2n) is 30.5. The van der Waals surface area contributed by atoms with Crippen LogP contribution >= 0.6 is 11.6 Å². The van der Waals surface area contributed by atoms with Gasteiger partial charge in [0.1, 0.15) is 29.6 Å². The summed E-state index contributed by atoms with van der Waals surface area (Å²) >= 11 is 5.75. The topological polar surface area (TPSA) is 291 Å². The number of anilines is 5. The average Bonchev–Trinajstić information content (AvgIpc) is 0.810. The number of carbonyl (C=O) groups is 10.